The quantitative estimate of drug-likeness (QED) is 0.106. The van der Waals surface area contributed by atoms with E-state index in [0.29, 0.717) is 22.5 Å². The van der Waals surface area contributed by atoms with Crippen LogP contribution in [0.3, 0.4) is 0 Å². The fourth-order valence-corrected chi connectivity index (χ4v) is 7.77. The molecule has 0 amide bonds. The van der Waals surface area contributed by atoms with Crippen LogP contribution in [0.4, 0.5) is 10.6 Å². The highest BCUT2D eigenvalue weighted by Crippen LogP contribution is 2.63. The summed E-state index contributed by atoms with van der Waals surface area (Å²) in [6, 6.07) is 1.09. The van der Waals surface area contributed by atoms with Crippen molar-refractivity contribution in [3.63, 3.8) is 0 Å². The van der Waals surface area contributed by atoms with E-state index in [1.165, 1.54) is 26.0 Å². The molecule has 0 spiro atoms. The number of aromatic nitrogens is 6. The predicted octanol–water partition coefficient (Wildman–Crippen LogP) is 0.274. The molecule has 0 aliphatic carbocycles. The van der Waals surface area contributed by atoms with Crippen molar-refractivity contribution in [1.29, 1.82) is 0 Å². The average Bonchev–Trinajstić information content (AvgIpc) is 3.71. The van der Waals surface area contributed by atoms with Crippen LogP contribution < -0.4 is 17.0 Å². The zero-order valence-electron chi connectivity index (χ0n) is 25.3. The minimum Gasteiger partial charge on any atom is -0.432 e. The summed E-state index contributed by atoms with van der Waals surface area (Å²) in [7, 11) is 1.28. The number of nitrogen functional groups attached to an aromatic ring is 1. The third-order valence-corrected chi connectivity index (χ3v) is 10.5. The number of aliphatic hydroxyl groups is 2. The number of fused-ring (bicyclic) bond motifs is 1. The largest absolute Gasteiger partial charge is 0.509 e. The molecule has 0 aromatic carbocycles. The van der Waals surface area contributed by atoms with Gasteiger partial charge in [-0.3, -0.25) is 28.0 Å². The van der Waals surface area contributed by atoms with Crippen LogP contribution in [0.2, 0.25) is 0 Å². The van der Waals surface area contributed by atoms with Gasteiger partial charge in [-0.15, -0.1) is 0 Å². The summed E-state index contributed by atoms with van der Waals surface area (Å²) in [6.45, 7) is -2.26. The first-order chi connectivity index (χ1) is 22.4. The minimum absolute atomic E-state index is 0.0935. The van der Waals surface area contributed by atoms with E-state index >= 15 is 0 Å². The molecular formula is C25H34N7O13PS. The third kappa shape index (κ3) is 7.85. The third-order valence-electron chi connectivity index (χ3n) is 7.13. The van der Waals surface area contributed by atoms with Crippen molar-refractivity contribution in [1.82, 2.24) is 29.1 Å². The summed E-state index contributed by atoms with van der Waals surface area (Å²) in [5.74, 6) is -0.375. The number of nitrogens with one attached hydrogen (secondary N) is 1. The summed E-state index contributed by atoms with van der Waals surface area (Å²) in [5, 5.41) is 20.9. The molecule has 0 saturated carbocycles. The van der Waals surface area contributed by atoms with Gasteiger partial charge in [0.25, 0.3) is 5.56 Å². The van der Waals surface area contributed by atoms with Gasteiger partial charge in [-0.05, 0) is 13.8 Å². The van der Waals surface area contributed by atoms with E-state index in [1.807, 2.05) is 0 Å². The highest BCUT2D eigenvalue weighted by Gasteiger charge is 2.51. The number of rotatable bonds is 13. The SMILES string of the molecule is COC1C(OP(=O)(OC[C@H]2O[C@@H](n3cnc4c(N)ncnc43)CC2O)SCOC(=O)OC(C)C)[C@@H](CO)O[C@H]1n1ccc(=O)[nH]c1=O. The first-order valence-electron chi connectivity index (χ1n) is 14.2. The average molecular weight is 704 g/mol. The molecule has 3 aromatic heterocycles. The lowest BCUT2D eigenvalue weighted by atomic mass is 10.1. The van der Waals surface area contributed by atoms with Crippen molar-refractivity contribution < 1.29 is 52.3 Å². The van der Waals surface area contributed by atoms with E-state index in [2.05, 4.69) is 19.9 Å². The van der Waals surface area contributed by atoms with E-state index in [0.717, 1.165) is 10.6 Å². The number of aromatic amines is 1. The van der Waals surface area contributed by atoms with Crippen molar-refractivity contribution in [2.45, 2.75) is 69.3 Å². The Balaban J connectivity index is 1.34. The van der Waals surface area contributed by atoms with Crippen molar-refractivity contribution in [3.8, 4) is 0 Å². The molecule has 0 radical (unpaired) electrons. The van der Waals surface area contributed by atoms with Crippen molar-refractivity contribution in [2.24, 2.45) is 0 Å². The minimum atomic E-state index is -4.38. The first kappa shape index (κ1) is 34.9. The molecule has 2 fully saturated rings. The number of hydrogen-bond acceptors (Lipinski definition) is 18. The Hall–Kier alpha value is -3.40. The molecule has 258 valence electrons. The van der Waals surface area contributed by atoms with Gasteiger partial charge in [0.2, 0.25) is 0 Å². The molecule has 47 heavy (non-hydrogen) atoms. The lowest BCUT2D eigenvalue weighted by Crippen LogP contribution is -2.39. The maximum Gasteiger partial charge on any atom is 0.509 e. The number of hydrogen-bond donors (Lipinski definition) is 4. The Morgan fingerprint density at radius 3 is 2.70 bits per heavy atom. The Kier molecular flexibility index (Phi) is 11.0. The summed E-state index contributed by atoms with van der Waals surface area (Å²) in [6.07, 6.45) is -5.23. The zero-order chi connectivity index (χ0) is 33.9. The van der Waals surface area contributed by atoms with Crippen molar-refractivity contribution in [2.75, 3.05) is 32.0 Å². The van der Waals surface area contributed by atoms with Crippen LogP contribution in [-0.4, -0.2) is 108 Å². The number of imidazole rings is 1. The molecule has 5 heterocycles. The van der Waals surface area contributed by atoms with Crippen LogP contribution in [0.15, 0.2) is 34.5 Å². The van der Waals surface area contributed by atoms with Gasteiger partial charge < -0.3 is 39.6 Å². The molecule has 8 atom stereocenters. The number of H-pyrrole nitrogens is 1. The number of ether oxygens (including phenoxy) is 5. The number of carbonyl (C=O) groups is 1. The number of carbonyl (C=O) groups excluding carboxylic acids is 1. The Morgan fingerprint density at radius 1 is 1.21 bits per heavy atom. The maximum absolute atomic E-state index is 14.2. The number of anilines is 1. The van der Waals surface area contributed by atoms with Crippen molar-refractivity contribution >= 4 is 41.3 Å². The van der Waals surface area contributed by atoms with E-state index in [-0.39, 0.29) is 12.2 Å². The second-order valence-electron chi connectivity index (χ2n) is 10.6. The Morgan fingerprint density at radius 2 is 2.00 bits per heavy atom. The molecule has 2 aliphatic rings. The Labute approximate surface area is 269 Å². The highest BCUT2D eigenvalue weighted by atomic mass is 32.7. The Bertz CT molecular complexity index is 1720. The molecule has 4 unspecified atom stereocenters. The second kappa shape index (κ2) is 14.8. The van der Waals surface area contributed by atoms with Crippen LogP contribution in [0.5, 0.6) is 0 Å². The summed E-state index contributed by atoms with van der Waals surface area (Å²) < 4.78 is 55.8. The van der Waals surface area contributed by atoms with Gasteiger partial charge in [-0.2, -0.15) is 0 Å². The van der Waals surface area contributed by atoms with Crippen LogP contribution >= 0.6 is 18.2 Å². The van der Waals surface area contributed by atoms with Crippen LogP contribution in [0.25, 0.3) is 11.2 Å². The molecule has 5 rings (SSSR count). The molecule has 22 heteroatoms. The number of methoxy groups -OCH3 is 1. The van der Waals surface area contributed by atoms with E-state index in [4.69, 9.17) is 38.5 Å². The fraction of sp³-hybridized carbons (Fsp3) is 0.600. The molecule has 0 bridgehead atoms. The monoisotopic (exact) mass is 703 g/mol. The lowest BCUT2D eigenvalue weighted by Gasteiger charge is -2.28. The predicted molar refractivity (Wildman–Crippen MR) is 161 cm³/mol. The smallest absolute Gasteiger partial charge is 0.432 e. The number of nitrogens with zero attached hydrogens (tertiary/aromatic N) is 5. The zero-order valence-corrected chi connectivity index (χ0v) is 27.0. The number of aliphatic hydroxyl groups excluding tert-OH is 2. The fourth-order valence-electron chi connectivity index (χ4n) is 4.98. The van der Waals surface area contributed by atoms with E-state index in [9.17, 15) is 29.2 Å². The van der Waals surface area contributed by atoms with Crippen LogP contribution in [0, 0.1) is 0 Å². The van der Waals surface area contributed by atoms with Gasteiger partial charge in [0.15, 0.2) is 23.6 Å². The van der Waals surface area contributed by atoms with E-state index in [1.54, 1.807) is 18.4 Å². The molecule has 2 saturated heterocycles. The van der Waals surface area contributed by atoms with Crippen LogP contribution in [-0.2, 0) is 37.3 Å². The normalized spacial score (nSPS) is 27.3. The second-order valence-corrected chi connectivity index (χ2v) is 14.6. The first-order valence-corrected chi connectivity index (χ1v) is 17.3. The van der Waals surface area contributed by atoms with Gasteiger partial charge in [-0.1, -0.05) is 0 Å². The summed E-state index contributed by atoms with van der Waals surface area (Å²) >= 11 is 0.476. The molecule has 5 N–H and O–H groups in total. The van der Waals surface area contributed by atoms with Crippen molar-refractivity contribution in [3.05, 3.63) is 45.8 Å². The van der Waals surface area contributed by atoms with Gasteiger partial charge >= 0.3 is 18.6 Å². The van der Waals surface area contributed by atoms with Gasteiger partial charge in [0.1, 0.15) is 42.5 Å². The van der Waals surface area contributed by atoms with E-state index < -0.39 is 92.4 Å². The maximum atomic E-state index is 14.2. The van der Waals surface area contributed by atoms with Crippen LogP contribution in [0.1, 0.15) is 32.7 Å². The van der Waals surface area contributed by atoms with Gasteiger partial charge in [0, 0.05) is 37.2 Å². The number of nitrogens with two attached hydrogens (primary N) is 1. The lowest BCUT2D eigenvalue weighted by molar-refractivity contribution is -0.0625. The molecular weight excluding hydrogens is 669 g/mol. The van der Waals surface area contributed by atoms with Gasteiger partial charge in [-0.25, -0.2) is 29.1 Å². The topological polar surface area (TPSA) is 264 Å². The molecule has 2 aliphatic heterocycles. The highest BCUT2D eigenvalue weighted by molar-refractivity contribution is 8.55. The summed E-state index contributed by atoms with van der Waals surface area (Å²) in [5.41, 5.74) is 5.13. The standard InChI is InChI=1S/C25H34N7O13PS/c1-12(2)42-25(37)40-11-47-46(38,45-19-14(7-33)44-23(20(19)39-3)31-5-4-16(35)30-24(31)36)41-8-15-13(34)6-17(43-15)32-10-29-18-21(26)27-9-28-22(18)32/h4-5,9-10,12-15,17,19-20,23,33-34H,6-8,11H2,1-3H3,(H2,26,27,28)(H,30,35,36)/t13?,14-,15-,17-,19?,20?,23-,46?/m1/s1. The van der Waals surface area contributed by atoms with Gasteiger partial charge in [0.05, 0.1) is 31.7 Å². The molecule has 3 aromatic rings. The summed E-state index contributed by atoms with van der Waals surface area (Å²) in [4.78, 5) is 50.5. The molecule has 20 nitrogen and oxygen atoms in total.